The van der Waals surface area contributed by atoms with Crippen LogP contribution in [0, 0.1) is 0 Å². The second-order valence-corrected chi connectivity index (χ2v) is 9.65. The van der Waals surface area contributed by atoms with Crippen molar-refractivity contribution in [2.24, 2.45) is 0 Å². The van der Waals surface area contributed by atoms with Crippen LogP contribution in [-0.2, 0) is 10.8 Å². The van der Waals surface area contributed by atoms with Crippen LogP contribution in [0.2, 0.25) is 0 Å². The van der Waals surface area contributed by atoms with E-state index in [4.69, 9.17) is 0 Å². The van der Waals surface area contributed by atoms with Crippen LogP contribution >= 0.6 is 0 Å². The van der Waals surface area contributed by atoms with Gasteiger partial charge in [-0.1, -0.05) is 71.7 Å². The molecule has 2 amide bonds. The summed E-state index contributed by atoms with van der Waals surface area (Å²) in [4.78, 5) is 15.0. The van der Waals surface area contributed by atoms with Crippen molar-refractivity contribution in [3.63, 3.8) is 0 Å². The Hall–Kier alpha value is -2.29. The summed E-state index contributed by atoms with van der Waals surface area (Å²) in [6, 6.07) is 16.4. The zero-order valence-electron chi connectivity index (χ0n) is 18.7. The van der Waals surface area contributed by atoms with Gasteiger partial charge in [-0.2, -0.15) is 0 Å². The van der Waals surface area contributed by atoms with Gasteiger partial charge < -0.3 is 5.32 Å². The third kappa shape index (κ3) is 4.83. The number of nitrogens with one attached hydrogen (secondary N) is 1. The molecule has 0 radical (unpaired) electrons. The molecule has 3 rings (SSSR count). The van der Waals surface area contributed by atoms with Gasteiger partial charge in [-0.15, -0.1) is 0 Å². The molecule has 0 unspecified atom stereocenters. The molecule has 0 spiro atoms. The molecule has 0 fully saturated rings. The van der Waals surface area contributed by atoms with Crippen LogP contribution in [0.5, 0.6) is 0 Å². The van der Waals surface area contributed by atoms with Crippen molar-refractivity contribution in [2.45, 2.75) is 77.6 Å². The topological polar surface area (TPSA) is 32.3 Å². The van der Waals surface area contributed by atoms with E-state index < -0.39 is 0 Å². The number of nitrogens with zero attached hydrogens (tertiary/aromatic N) is 1. The molecule has 3 heteroatoms. The molecular weight excluding hydrogens is 356 g/mol. The fourth-order valence-electron chi connectivity index (χ4n) is 4.33. The van der Waals surface area contributed by atoms with Crippen molar-refractivity contribution in [3.05, 3.63) is 59.7 Å². The number of urea groups is 1. The maximum Gasteiger partial charge on any atom is 0.326 e. The summed E-state index contributed by atoms with van der Waals surface area (Å²) in [6.07, 6.45) is 5.62. The van der Waals surface area contributed by atoms with Crippen LogP contribution in [0.1, 0.15) is 77.8 Å². The van der Waals surface area contributed by atoms with Gasteiger partial charge in [-0.25, -0.2) is 4.79 Å². The minimum atomic E-state index is -0.0554. The average molecular weight is 393 g/mol. The first-order chi connectivity index (χ1) is 13.7. The van der Waals surface area contributed by atoms with Gasteiger partial charge in [0, 0.05) is 17.9 Å². The normalized spacial score (nSPS) is 16.7. The quantitative estimate of drug-likeness (QED) is 0.515. The second-order valence-electron chi connectivity index (χ2n) is 9.65. The van der Waals surface area contributed by atoms with E-state index in [2.05, 4.69) is 58.1 Å². The van der Waals surface area contributed by atoms with Gasteiger partial charge in [-0.3, -0.25) is 4.90 Å². The Morgan fingerprint density at radius 2 is 1.59 bits per heavy atom. The molecule has 2 aromatic rings. The Kier molecular flexibility index (Phi) is 6.36. The number of para-hydroxylation sites is 1. The minimum Gasteiger partial charge on any atom is -0.308 e. The van der Waals surface area contributed by atoms with E-state index in [1.54, 1.807) is 0 Å². The number of unbranched alkanes of at least 4 members (excludes halogenated alkanes) is 2. The molecule has 0 aliphatic heterocycles. The fourth-order valence-corrected chi connectivity index (χ4v) is 4.33. The van der Waals surface area contributed by atoms with Gasteiger partial charge in [0.25, 0.3) is 0 Å². The van der Waals surface area contributed by atoms with E-state index >= 15 is 0 Å². The largest absolute Gasteiger partial charge is 0.326 e. The van der Waals surface area contributed by atoms with Crippen molar-refractivity contribution in [3.8, 4) is 0 Å². The highest BCUT2D eigenvalue weighted by Crippen LogP contribution is 2.46. The first-order valence-electron chi connectivity index (χ1n) is 11.0. The standard InChI is InChI=1S/C26H36N2O/c1-6-7-11-18-28(21-12-9-8-10-13-21)24(29)27-20-14-15-22-23(19-20)26(4,5)17-16-25(22,2)3/h8-10,12-15,19H,6-7,11,16-18H2,1-5H3,(H,27,29). The SMILES string of the molecule is CCCCCN(C(=O)Nc1ccc2c(c1)C(C)(C)CCC2(C)C)c1ccccc1. The summed E-state index contributed by atoms with van der Waals surface area (Å²) in [7, 11) is 0. The van der Waals surface area contributed by atoms with Gasteiger partial charge >= 0.3 is 6.03 Å². The zero-order chi connectivity index (χ0) is 21.1. The van der Waals surface area contributed by atoms with Crippen LogP contribution in [0.15, 0.2) is 48.5 Å². The number of hydrogen-bond donors (Lipinski definition) is 1. The number of benzene rings is 2. The molecule has 29 heavy (non-hydrogen) atoms. The Morgan fingerprint density at radius 3 is 2.24 bits per heavy atom. The lowest BCUT2D eigenvalue weighted by Crippen LogP contribution is -2.36. The summed E-state index contributed by atoms with van der Waals surface area (Å²) in [5, 5.41) is 3.17. The van der Waals surface area contributed by atoms with Gasteiger partial charge in [-0.05, 0) is 65.5 Å². The number of rotatable bonds is 6. The number of hydrogen-bond acceptors (Lipinski definition) is 1. The van der Waals surface area contributed by atoms with Gasteiger partial charge in [0.2, 0.25) is 0 Å². The van der Waals surface area contributed by atoms with Crippen LogP contribution in [0.25, 0.3) is 0 Å². The minimum absolute atomic E-state index is 0.0554. The molecule has 156 valence electrons. The third-order valence-electron chi connectivity index (χ3n) is 6.40. The molecule has 1 aliphatic rings. The molecule has 0 bridgehead atoms. The van der Waals surface area contributed by atoms with E-state index in [0.29, 0.717) is 0 Å². The number of amides is 2. The molecule has 1 N–H and O–H groups in total. The number of carbonyl (C=O) groups excluding carboxylic acids is 1. The van der Waals surface area contributed by atoms with E-state index in [1.807, 2.05) is 35.2 Å². The summed E-state index contributed by atoms with van der Waals surface area (Å²) in [6.45, 7) is 12.2. The van der Waals surface area contributed by atoms with Crippen molar-refractivity contribution in [1.29, 1.82) is 0 Å². The molecule has 0 aromatic heterocycles. The van der Waals surface area contributed by atoms with Crippen molar-refractivity contribution < 1.29 is 4.79 Å². The predicted octanol–water partition coefficient (Wildman–Crippen LogP) is 7.26. The first-order valence-corrected chi connectivity index (χ1v) is 11.0. The zero-order valence-corrected chi connectivity index (χ0v) is 18.7. The van der Waals surface area contributed by atoms with Crippen molar-refractivity contribution in [1.82, 2.24) is 0 Å². The van der Waals surface area contributed by atoms with Crippen LogP contribution in [-0.4, -0.2) is 12.6 Å². The molecular formula is C26H36N2O. The summed E-state index contributed by atoms with van der Waals surface area (Å²) < 4.78 is 0. The molecule has 0 saturated heterocycles. The van der Waals surface area contributed by atoms with E-state index in [0.717, 1.165) is 43.6 Å². The van der Waals surface area contributed by atoms with Crippen LogP contribution in [0.3, 0.4) is 0 Å². The Bertz CT molecular complexity index is 839. The lowest BCUT2D eigenvalue weighted by molar-refractivity contribution is 0.256. The number of carbonyl (C=O) groups is 1. The highest BCUT2D eigenvalue weighted by molar-refractivity contribution is 6.01. The highest BCUT2D eigenvalue weighted by Gasteiger charge is 2.37. The van der Waals surface area contributed by atoms with Crippen LogP contribution in [0.4, 0.5) is 16.2 Å². The lowest BCUT2D eigenvalue weighted by Gasteiger charge is -2.42. The molecule has 0 saturated carbocycles. The molecule has 3 nitrogen and oxygen atoms in total. The van der Waals surface area contributed by atoms with Gasteiger partial charge in [0.1, 0.15) is 0 Å². The monoisotopic (exact) mass is 392 g/mol. The average Bonchev–Trinajstić information content (AvgIpc) is 2.69. The summed E-state index contributed by atoms with van der Waals surface area (Å²) in [5.74, 6) is 0. The lowest BCUT2D eigenvalue weighted by atomic mass is 9.63. The Balaban J connectivity index is 1.85. The fraction of sp³-hybridized carbons (Fsp3) is 0.500. The number of fused-ring (bicyclic) bond motifs is 1. The third-order valence-corrected chi connectivity index (χ3v) is 6.40. The highest BCUT2D eigenvalue weighted by atomic mass is 16.2. The van der Waals surface area contributed by atoms with E-state index in [-0.39, 0.29) is 16.9 Å². The Labute approximate surface area is 176 Å². The van der Waals surface area contributed by atoms with Crippen molar-refractivity contribution in [2.75, 3.05) is 16.8 Å². The van der Waals surface area contributed by atoms with Crippen LogP contribution < -0.4 is 10.2 Å². The predicted molar refractivity (Wildman–Crippen MR) is 124 cm³/mol. The Morgan fingerprint density at radius 1 is 0.931 bits per heavy atom. The maximum absolute atomic E-state index is 13.2. The van der Waals surface area contributed by atoms with E-state index in [9.17, 15) is 4.79 Å². The first kappa shape index (κ1) is 21.4. The number of anilines is 2. The maximum atomic E-state index is 13.2. The van der Waals surface area contributed by atoms with Crippen molar-refractivity contribution >= 4 is 17.4 Å². The molecule has 1 aliphatic carbocycles. The van der Waals surface area contributed by atoms with Gasteiger partial charge in [0.15, 0.2) is 0 Å². The smallest absolute Gasteiger partial charge is 0.308 e. The molecule has 0 heterocycles. The van der Waals surface area contributed by atoms with E-state index in [1.165, 1.54) is 17.5 Å². The summed E-state index contributed by atoms with van der Waals surface area (Å²) in [5.41, 5.74) is 4.92. The molecule has 2 aromatic carbocycles. The summed E-state index contributed by atoms with van der Waals surface area (Å²) >= 11 is 0. The molecule has 0 atom stereocenters. The van der Waals surface area contributed by atoms with Gasteiger partial charge in [0.05, 0.1) is 0 Å². The second kappa shape index (κ2) is 8.61.